The zero-order chi connectivity index (χ0) is 24.3. The average Bonchev–Trinajstić information content (AvgIpc) is 3.25. The molecule has 0 aliphatic rings. The van der Waals surface area contributed by atoms with Crippen LogP contribution in [0, 0.1) is 13.8 Å². The molecule has 0 aliphatic carbocycles. The molecule has 0 radical (unpaired) electrons. The molecule has 1 amide bonds. The van der Waals surface area contributed by atoms with Crippen molar-refractivity contribution in [2.24, 2.45) is 0 Å². The number of carbonyl (C=O) groups excluding carboxylic acids is 1. The van der Waals surface area contributed by atoms with E-state index in [0.29, 0.717) is 29.8 Å². The molecule has 0 saturated heterocycles. The summed E-state index contributed by atoms with van der Waals surface area (Å²) < 4.78 is 40.1. The first-order valence-corrected chi connectivity index (χ1v) is 10.9. The number of benzene rings is 2. The van der Waals surface area contributed by atoms with Crippen LogP contribution in [0.1, 0.15) is 46.4 Å². The minimum absolute atomic E-state index is 0.109. The van der Waals surface area contributed by atoms with Crippen LogP contribution in [0.2, 0.25) is 0 Å². The lowest BCUT2D eigenvalue weighted by Crippen LogP contribution is -2.30. The molecular formula is C25H24F3N5O. The fourth-order valence-electron chi connectivity index (χ4n) is 3.98. The maximum atomic E-state index is 13.0. The van der Waals surface area contributed by atoms with Gasteiger partial charge in [-0.25, -0.2) is 9.50 Å². The van der Waals surface area contributed by atoms with E-state index in [4.69, 9.17) is 0 Å². The van der Waals surface area contributed by atoms with Gasteiger partial charge in [-0.15, -0.1) is 5.10 Å². The lowest BCUT2D eigenvalue weighted by molar-refractivity contribution is -0.144. The summed E-state index contributed by atoms with van der Waals surface area (Å²) in [4.78, 5) is 20.6. The SMILES string of the molecule is Cc1nc2nc(C(F)(F)F)nn2c(C)c1CCC(=O)NC(Cc1ccccc1)c1ccccc1. The Kier molecular flexibility index (Phi) is 6.63. The third-order valence-corrected chi connectivity index (χ3v) is 5.72. The van der Waals surface area contributed by atoms with Crippen molar-refractivity contribution in [1.29, 1.82) is 0 Å². The van der Waals surface area contributed by atoms with E-state index >= 15 is 0 Å². The van der Waals surface area contributed by atoms with Crippen LogP contribution in [0.15, 0.2) is 60.7 Å². The van der Waals surface area contributed by atoms with Gasteiger partial charge in [-0.05, 0) is 43.4 Å². The number of hydrogen-bond donors (Lipinski definition) is 1. The van der Waals surface area contributed by atoms with Gasteiger partial charge < -0.3 is 5.32 Å². The van der Waals surface area contributed by atoms with Crippen molar-refractivity contribution in [2.45, 2.75) is 45.3 Å². The van der Waals surface area contributed by atoms with Crippen LogP contribution in [0.5, 0.6) is 0 Å². The Balaban J connectivity index is 1.50. The maximum absolute atomic E-state index is 13.0. The van der Waals surface area contributed by atoms with Crippen LogP contribution < -0.4 is 5.32 Å². The monoisotopic (exact) mass is 467 g/mol. The summed E-state index contributed by atoms with van der Waals surface area (Å²) in [6.45, 7) is 3.36. The van der Waals surface area contributed by atoms with E-state index in [2.05, 4.69) is 20.4 Å². The first-order valence-electron chi connectivity index (χ1n) is 10.9. The lowest BCUT2D eigenvalue weighted by atomic mass is 9.98. The van der Waals surface area contributed by atoms with Gasteiger partial charge in [0.1, 0.15) is 0 Å². The first-order chi connectivity index (χ1) is 16.2. The molecule has 4 rings (SSSR count). The van der Waals surface area contributed by atoms with Gasteiger partial charge in [-0.1, -0.05) is 60.7 Å². The molecule has 0 aliphatic heterocycles. The standard InChI is InChI=1S/C25H24F3N5O/c1-16-20(17(2)33-24(29-16)31-23(32-33)25(26,27)28)13-14-22(34)30-21(19-11-7-4-8-12-19)15-18-9-5-3-6-10-18/h3-12,21H,13-15H2,1-2H3,(H,30,34). The van der Waals surface area contributed by atoms with Crippen LogP contribution in [0.3, 0.4) is 0 Å². The molecule has 2 aromatic carbocycles. The summed E-state index contributed by atoms with van der Waals surface area (Å²) in [5, 5.41) is 6.67. The molecule has 1 atom stereocenters. The van der Waals surface area contributed by atoms with E-state index in [1.54, 1.807) is 13.8 Å². The van der Waals surface area contributed by atoms with E-state index in [1.807, 2.05) is 60.7 Å². The van der Waals surface area contributed by atoms with Gasteiger partial charge >= 0.3 is 6.18 Å². The number of alkyl halides is 3. The summed E-state index contributed by atoms with van der Waals surface area (Å²) in [7, 11) is 0. The molecule has 6 nitrogen and oxygen atoms in total. The van der Waals surface area contributed by atoms with Gasteiger partial charge in [0, 0.05) is 17.8 Å². The van der Waals surface area contributed by atoms with E-state index in [0.717, 1.165) is 15.6 Å². The van der Waals surface area contributed by atoms with Crippen molar-refractivity contribution in [3.8, 4) is 0 Å². The average molecular weight is 467 g/mol. The van der Waals surface area contributed by atoms with Crippen LogP contribution in [0.25, 0.3) is 5.78 Å². The topological polar surface area (TPSA) is 72.2 Å². The molecule has 0 bridgehead atoms. The van der Waals surface area contributed by atoms with Gasteiger partial charge in [0.2, 0.25) is 5.91 Å². The van der Waals surface area contributed by atoms with Crippen LogP contribution in [-0.2, 0) is 23.8 Å². The molecule has 1 N–H and O–H groups in total. The molecular weight excluding hydrogens is 443 g/mol. The summed E-state index contributed by atoms with van der Waals surface area (Å²) >= 11 is 0. The highest BCUT2D eigenvalue weighted by Gasteiger charge is 2.37. The van der Waals surface area contributed by atoms with Crippen molar-refractivity contribution < 1.29 is 18.0 Å². The predicted molar refractivity (Wildman–Crippen MR) is 121 cm³/mol. The maximum Gasteiger partial charge on any atom is 0.453 e. The van der Waals surface area contributed by atoms with Crippen LogP contribution in [0.4, 0.5) is 13.2 Å². The van der Waals surface area contributed by atoms with Crippen molar-refractivity contribution in [3.63, 3.8) is 0 Å². The largest absolute Gasteiger partial charge is 0.453 e. The molecule has 1 unspecified atom stereocenters. The van der Waals surface area contributed by atoms with E-state index in [1.165, 1.54) is 0 Å². The Morgan fingerprint density at radius 2 is 1.65 bits per heavy atom. The zero-order valence-corrected chi connectivity index (χ0v) is 18.8. The highest BCUT2D eigenvalue weighted by molar-refractivity contribution is 5.76. The summed E-state index contributed by atoms with van der Waals surface area (Å²) in [5.41, 5.74) is 3.80. The van der Waals surface area contributed by atoms with Crippen molar-refractivity contribution in [1.82, 2.24) is 24.9 Å². The van der Waals surface area contributed by atoms with Crippen molar-refractivity contribution >= 4 is 11.7 Å². The summed E-state index contributed by atoms with van der Waals surface area (Å²) in [6, 6.07) is 19.4. The van der Waals surface area contributed by atoms with Crippen LogP contribution >= 0.6 is 0 Å². The Morgan fingerprint density at radius 3 is 2.29 bits per heavy atom. The number of nitrogens with zero attached hydrogens (tertiary/aromatic N) is 4. The Bertz CT molecular complexity index is 1290. The molecule has 0 fully saturated rings. The second-order valence-electron chi connectivity index (χ2n) is 8.13. The fourth-order valence-corrected chi connectivity index (χ4v) is 3.98. The Labute approximate surface area is 194 Å². The predicted octanol–water partition coefficient (Wildman–Crippen LogP) is 4.79. The zero-order valence-electron chi connectivity index (χ0n) is 18.8. The lowest BCUT2D eigenvalue weighted by Gasteiger charge is -2.20. The number of hydrogen-bond acceptors (Lipinski definition) is 4. The third kappa shape index (κ3) is 5.24. The van der Waals surface area contributed by atoms with Gasteiger partial charge in [-0.2, -0.15) is 18.2 Å². The van der Waals surface area contributed by atoms with Gasteiger partial charge in [0.25, 0.3) is 11.6 Å². The summed E-state index contributed by atoms with van der Waals surface area (Å²) in [5.74, 6) is -1.50. The molecule has 9 heteroatoms. The van der Waals surface area contributed by atoms with Gasteiger partial charge in [0.05, 0.1) is 6.04 Å². The number of rotatable bonds is 7. The second kappa shape index (κ2) is 9.62. The van der Waals surface area contributed by atoms with E-state index < -0.39 is 12.0 Å². The van der Waals surface area contributed by atoms with E-state index in [9.17, 15) is 18.0 Å². The highest BCUT2D eigenvalue weighted by atomic mass is 19.4. The Hall–Kier alpha value is -3.75. The smallest absolute Gasteiger partial charge is 0.349 e. The first kappa shape index (κ1) is 23.4. The van der Waals surface area contributed by atoms with Crippen molar-refractivity contribution in [3.05, 3.63) is 94.6 Å². The van der Waals surface area contributed by atoms with E-state index in [-0.39, 0.29) is 24.1 Å². The Morgan fingerprint density at radius 1 is 1.00 bits per heavy atom. The molecule has 176 valence electrons. The third-order valence-electron chi connectivity index (χ3n) is 5.72. The highest BCUT2D eigenvalue weighted by Crippen LogP contribution is 2.27. The fraction of sp³-hybridized carbons (Fsp3) is 0.280. The number of fused-ring (bicyclic) bond motifs is 1. The molecule has 34 heavy (non-hydrogen) atoms. The second-order valence-corrected chi connectivity index (χ2v) is 8.13. The molecule has 2 heterocycles. The van der Waals surface area contributed by atoms with Gasteiger partial charge in [0.15, 0.2) is 0 Å². The number of aromatic nitrogens is 4. The summed E-state index contributed by atoms with van der Waals surface area (Å²) in [6.07, 6.45) is -3.53. The molecule has 0 spiro atoms. The number of amides is 1. The molecule has 2 aromatic heterocycles. The van der Waals surface area contributed by atoms with Crippen molar-refractivity contribution in [2.75, 3.05) is 0 Å². The normalized spacial score (nSPS) is 12.6. The minimum atomic E-state index is -4.65. The molecule has 0 saturated carbocycles. The van der Waals surface area contributed by atoms with Crippen LogP contribution in [-0.4, -0.2) is 25.5 Å². The number of halogens is 3. The number of nitrogens with one attached hydrogen (secondary N) is 1. The van der Waals surface area contributed by atoms with Gasteiger partial charge in [-0.3, -0.25) is 4.79 Å². The molecule has 4 aromatic rings. The quantitative estimate of drug-likeness (QED) is 0.424. The minimum Gasteiger partial charge on any atom is -0.349 e. The number of carbonyl (C=O) groups is 1. The number of aryl methyl sites for hydroxylation is 2.